The van der Waals surface area contributed by atoms with Gasteiger partial charge in [-0.05, 0) is 54.7 Å². The maximum atomic E-state index is 12.6. The molecule has 5 heteroatoms. The Balaban J connectivity index is 2.18. The standard InChI is InChI=1S/C19H25NO3S/c1-5-14(2)16-9-11-19(12-10-16)24(21,22)20-15(3)17-7-6-8-18(13-17)23-4/h6-15,20H,5H2,1-4H3. The predicted octanol–water partition coefficient (Wildman–Crippen LogP) is 4.25. The average molecular weight is 347 g/mol. The lowest BCUT2D eigenvalue weighted by molar-refractivity contribution is 0.413. The van der Waals surface area contributed by atoms with E-state index in [0.29, 0.717) is 11.7 Å². The normalized spacial score (nSPS) is 14.2. The van der Waals surface area contributed by atoms with Crippen LogP contribution in [0.1, 0.15) is 50.3 Å². The predicted molar refractivity (Wildman–Crippen MR) is 96.9 cm³/mol. The quantitative estimate of drug-likeness (QED) is 0.815. The van der Waals surface area contributed by atoms with Crippen LogP contribution >= 0.6 is 0 Å². The summed E-state index contributed by atoms with van der Waals surface area (Å²) < 4.78 is 33.1. The van der Waals surface area contributed by atoms with E-state index in [1.54, 1.807) is 19.2 Å². The lowest BCUT2D eigenvalue weighted by Crippen LogP contribution is -2.26. The summed E-state index contributed by atoms with van der Waals surface area (Å²) in [5.74, 6) is 1.13. The molecular weight excluding hydrogens is 322 g/mol. The Morgan fingerprint density at radius 1 is 1.04 bits per heavy atom. The van der Waals surface area contributed by atoms with Crippen molar-refractivity contribution < 1.29 is 13.2 Å². The highest BCUT2D eigenvalue weighted by Gasteiger charge is 2.19. The van der Waals surface area contributed by atoms with E-state index in [-0.39, 0.29) is 10.9 Å². The number of hydrogen-bond donors (Lipinski definition) is 1. The highest BCUT2D eigenvalue weighted by atomic mass is 32.2. The van der Waals surface area contributed by atoms with Gasteiger partial charge in [0, 0.05) is 6.04 Å². The van der Waals surface area contributed by atoms with Crippen molar-refractivity contribution >= 4 is 10.0 Å². The number of nitrogens with one attached hydrogen (secondary N) is 1. The molecule has 4 nitrogen and oxygen atoms in total. The number of sulfonamides is 1. The Labute approximate surface area is 144 Å². The number of rotatable bonds is 7. The lowest BCUT2D eigenvalue weighted by atomic mass is 9.99. The number of benzene rings is 2. The van der Waals surface area contributed by atoms with Crippen LogP contribution in [0.3, 0.4) is 0 Å². The minimum atomic E-state index is -3.57. The first-order valence-corrected chi connectivity index (χ1v) is 9.62. The van der Waals surface area contributed by atoms with E-state index in [4.69, 9.17) is 4.74 Å². The van der Waals surface area contributed by atoms with Gasteiger partial charge in [-0.15, -0.1) is 0 Å². The van der Waals surface area contributed by atoms with Crippen LogP contribution in [0.5, 0.6) is 5.75 Å². The zero-order chi connectivity index (χ0) is 17.7. The van der Waals surface area contributed by atoms with Crippen molar-refractivity contribution in [1.82, 2.24) is 4.72 Å². The Bertz CT molecular complexity index is 769. The van der Waals surface area contributed by atoms with Crippen LogP contribution in [-0.4, -0.2) is 15.5 Å². The van der Waals surface area contributed by atoms with E-state index >= 15 is 0 Å². The van der Waals surface area contributed by atoms with E-state index in [0.717, 1.165) is 17.5 Å². The third-order valence-corrected chi connectivity index (χ3v) is 5.85. The molecule has 0 fully saturated rings. The zero-order valence-corrected chi connectivity index (χ0v) is 15.4. The van der Waals surface area contributed by atoms with Crippen LogP contribution < -0.4 is 9.46 Å². The Hall–Kier alpha value is -1.85. The maximum absolute atomic E-state index is 12.6. The molecule has 0 aliphatic rings. The molecule has 0 heterocycles. The van der Waals surface area contributed by atoms with Crippen LogP contribution in [0.2, 0.25) is 0 Å². The molecule has 0 radical (unpaired) electrons. The molecule has 2 aromatic rings. The van der Waals surface area contributed by atoms with Gasteiger partial charge < -0.3 is 4.74 Å². The molecule has 130 valence electrons. The third kappa shape index (κ3) is 4.36. The summed E-state index contributed by atoms with van der Waals surface area (Å²) >= 11 is 0. The monoisotopic (exact) mass is 347 g/mol. The van der Waals surface area contributed by atoms with Gasteiger partial charge in [-0.25, -0.2) is 13.1 Å². The molecule has 0 aromatic heterocycles. The molecule has 0 amide bonds. The van der Waals surface area contributed by atoms with E-state index in [2.05, 4.69) is 18.6 Å². The van der Waals surface area contributed by atoms with Crippen LogP contribution in [0.4, 0.5) is 0 Å². The molecule has 1 N–H and O–H groups in total. The van der Waals surface area contributed by atoms with Gasteiger partial charge in [0.25, 0.3) is 0 Å². The SMILES string of the molecule is CCC(C)c1ccc(S(=O)(=O)NC(C)c2cccc(OC)c2)cc1. The van der Waals surface area contributed by atoms with Crippen LogP contribution in [0.15, 0.2) is 53.4 Å². The lowest BCUT2D eigenvalue weighted by Gasteiger charge is -2.16. The second kappa shape index (κ2) is 7.81. The maximum Gasteiger partial charge on any atom is 0.241 e. The summed E-state index contributed by atoms with van der Waals surface area (Å²) in [4.78, 5) is 0.282. The van der Waals surface area contributed by atoms with Gasteiger partial charge in [-0.2, -0.15) is 0 Å². The summed E-state index contributed by atoms with van der Waals surface area (Å²) in [5.41, 5.74) is 2.01. The topological polar surface area (TPSA) is 55.4 Å². The summed E-state index contributed by atoms with van der Waals surface area (Å²) in [6.45, 7) is 6.07. The number of ether oxygens (including phenoxy) is 1. The first-order chi connectivity index (χ1) is 11.4. The molecule has 0 spiro atoms. The highest BCUT2D eigenvalue weighted by molar-refractivity contribution is 7.89. The highest BCUT2D eigenvalue weighted by Crippen LogP contribution is 2.23. The molecule has 2 rings (SSSR count). The fourth-order valence-electron chi connectivity index (χ4n) is 2.49. The smallest absolute Gasteiger partial charge is 0.241 e. The van der Waals surface area contributed by atoms with Crippen molar-refractivity contribution in [1.29, 1.82) is 0 Å². The average Bonchev–Trinajstić information content (AvgIpc) is 2.60. The second-order valence-corrected chi connectivity index (χ2v) is 7.71. The van der Waals surface area contributed by atoms with Crippen LogP contribution in [-0.2, 0) is 10.0 Å². The molecule has 2 aromatic carbocycles. The van der Waals surface area contributed by atoms with Gasteiger partial charge in [0.15, 0.2) is 0 Å². The fourth-order valence-corrected chi connectivity index (χ4v) is 3.72. The summed E-state index contributed by atoms with van der Waals surface area (Å²) in [7, 11) is -1.98. The van der Waals surface area contributed by atoms with Gasteiger partial charge >= 0.3 is 0 Å². The molecule has 0 saturated heterocycles. The van der Waals surface area contributed by atoms with Crippen molar-refractivity contribution in [2.24, 2.45) is 0 Å². The molecular formula is C19H25NO3S. The van der Waals surface area contributed by atoms with Crippen molar-refractivity contribution in [2.45, 2.75) is 44.0 Å². The van der Waals surface area contributed by atoms with Crippen molar-refractivity contribution in [3.63, 3.8) is 0 Å². The van der Waals surface area contributed by atoms with Gasteiger partial charge in [0.2, 0.25) is 10.0 Å². The Morgan fingerprint density at radius 2 is 1.71 bits per heavy atom. The minimum absolute atomic E-state index is 0.282. The minimum Gasteiger partial charge on any atom is -0.497 e. The molecule has 0 saturated carbocycles. The Morgan fingerprint density at radius 3 is 2.29 bits per heavy atom. The summed E-state index contributed by atoms with van der Waals surface area (Å²) in [6, 6.07) is 14.2. The molecule has 2 unspecified atom stereocenters. The fraction of sp³-hybridized carbons (Fsp3) is 0.368. The summed E-state index contributed by atoms with van der Waals surface area (Å²) in [5, 5.41) is 0. The van der Waals surface area contributed by atoms with Crippen molar-refractivity contribution in [2.75, 3.05) is 7.11 Å². The molecule has 0 aliphatic carbocycles. The van der Waals surface area contributed by atoms with Crippen LogP contribution in [0, 0.1) is 0 Å². The zero-order valence-electron chi connectivity index (χ0n) is 14.6. The Kier molecular flexibility index (Phi) is 6.02. The van der Waals surface area contributed by atoms with E-state index in [1.165, 1.54) is 0 Å². The molecule has 24 heavy (non-hydrogen) atoms. The van der Waals surface area contributed by atoms with Gasteiger partial charge in [-0.3, -0.25) is 0 Å². The summed E-state index contributed by atoms with van der Waals surface area (Å²) in [6.07, 6.45) is 1.03. The van der Waals surface area contributed by atoms with E-state index < -0.39 is 10.0 Å². The first-order valence-electron chi connectivity index (χ1n) is 8.13. The van der Waals surface area contributed by atoms with E-state index in [1.807, 2.05) is 43.3 Å². The van der Waals surface area contributed by atoms with Gasteiger partial charge in [-0.1, -0.05) is 38.1 Å². The largest absolute Gasteiger partial charge is 0.497 e. The molecule has 0 bridgehead atoms. The second-order valence-electron chi connectivity index (χ2n) is 6.00. The van der Waals surface area contributed by atoms with Crippen LogP contribution in [0.25, 0.3) is 0 Å². The van der Waals surface area contributed by atoms with Gasteiger partial charge in [0.05, 0.1) is 12.0 Å². The van der Waals surface area contributed by atoms with Crippen molar-refractivity contribution in [3.05, 3.63) is 59.7 Å². The van der Waals surface area contributed by atoms with Crippen molar-refractivity contribution in [3.8, 4) is 5.75 Å². The molecule has 0 aliphatic heterocycles. The third-order valence-electron chi connectivity index (χ3n) is 4.30. The first kappa shape index (κ1) is 18.5. The number of methoxy groups -OCH3 is 1. The van der Waals surface area contributed by atoms with E-state index in [9.17, 15) is 8.42 Å². The van der Waals surface area contributed by atoms with Gasteiger partial charge in [0.1, 0.15) is 5.75 Å². The number of hydrogen-bond acceptors (Lipinski definition) is 3. The molecule has 2 atom stereocenters.